The first-order valence-electron chi connectivity index (χ1n) is 9.29. The number of anilines is 2. The Morgan fingerprint density at radius 2 is 1.79 bits per heavy atom. The molecule has 0 atom stereocenters. The van der Waals surface area contributed by atoms with Crippen molar-refractivity contribution in [3.63, 3.8) is 0 Å². The summed E-state index contributed by atoms with van der Waals surface area (Å²) in [5, 5.41) is 4.33. The molecule has 0 bridgehead atoms. The third-order valence-electron chi connectivity index (χ3n) is 4.92. The van der Waals surface area contributed by atoms with E-state index in [9.17, 15) is 4.79 Å². The summed E-state index contributed by atoms with van der Waals surface area (Å²) in [4.78, 5) is 18.0. The van der Waals surface area contributed by atoms with Crippen LogP contribution in [0.5, 0.6) is 0 Å². The van der Waals surface area contributed by atoms with Crippen LogP contribution in [0.25, 0.3) is 6.08 Å². The molecule has 4 nitrogen and oxygen atoms in total. The number of hydrogen-bond donors (Lipinski definition) is 1. The number of benzene rings is 2. The average molecular weight is 434 g/mol. The maximum Gasteiger partial charge on any atom is 0.264 e. The van der Waals surface area contributed by atoms with Crippen molar-refractivity contribution in [2.24, 2.45) is 0 Å². The molecule has 28 heavy (non-hydrogen) atoms. The van der Waals surface area contributed by atoms with Crippen LogP contribution in [0.4, 0.5) is 11.4 Å². The normalized spacial score (nSPS) is 19.4. The molecular weight excluding hydrogens is 413 g/mol. The molecule has 1 amide bonds. The highest BCUT2D eigenvalue weighted by atomic mass is 35.5. The lowest BCUT2D eigenvalue weighted by atomic mass is 10.1. The fraction of sp³-hybridized carbons (Fsp3) is 0.286. The zero-order chi connectivity index (χ0) is 19.5. The van der Waals surface area contributed by atoms with Crippen LogP contribution in [0, 0.1) is 0 Å². The van der Waals surface area contributed by atoms with Crippen molar-refractivity contribution >= 4 is 58.3 Å². The predicted octanol–water partition coefficient (Wildman–Crippen LogP) is 4.52. The molecule has 2 fully saturated rings. The number of carbonyl (C=O) groups excluding carboxylic acids is 1. The second-order valence-corrected chi connectivity index (χ2v) is 8.66. The number of amides is 1. The lowest BCUT2D eigenvalue weighted by Crippen LogP contribution is -2.43. The highest BCUT2D eigenvalue weighted by Gasteiger charge is 2.26. The topological polar surface area (TPSA) is 35.6 Å². The minimum absolute atomic E-state index is 0.00440. The Kier molecular flexibility index (Phi) is 6.16. The van der Waals surface area contributed by atoms with Crippen molar-refractivity contribution in [3.8, 4) is 0 Å². The molecule has 0 aliphatic carbocycles. The van der Waals surface area contributed by atoms with E-state index in [1.165, 1.54) is 5.69 Å². The van der Waals surface area contributed by atoms with Gasteiger partial charge in [0, 0.05) is 49.9 Å². The largest absolute Gasteiger partial charge is 0.369 e. The molecule has 2 saturated heterocycles. The summed E-state index contributed by atoms with van der Waals surface area (Å²) in [6.45, 7) is 4.54. The van der Waals surface area contributed by atoms with Crippen molar-refractivity contribution in [2.45, 2.75) is 0 Å². The maximum absolute atomic E-state index is 13.2. The van der Waals surface area contributed by atoms with Gasteiger partial charge in [-0.05, 0) is 35.9 Å². The van der Waals surface area contributed by atoms with Gasteiger partial charge in [-0.15, -0.1) is 11.8 Å². The molecule has 2 aromatic rings. The number of nitrogens with one attached hydrogen (secondary N) is 1. The SMILES string of the molecule is O=C1/C(=C/c2ccccc2N2CCNCC2)SCCN1c1ccc(Cl)c(Cl)c1. The van der Waals surface area contributed by atoms with Crippen molar-refractivity contribution in [3.05, 3.63) is 63.0 Å². The number of rotatable bonds is 3. The van der Waals surface area contributed by atoms with Gasteiger partial charge in [-0.2, -0.15) is 0 Å². The average Bonchev–Trinajstić information content (AvgIpc) is 2.73. The van der Waals surface area contributed by atoms with Crippen molar-refractivity contribution < 1.29 is 4.79 Å². The van der Waals surface area contributed by atoms with E-state index in [0.717, 1.165) is 48.1 Å². The summed E-state index contributed by atoms with van der Waals surface area (Å²) in [7, 11) is 0. The Labute approximate surface area is 179 Å². The molecule has 146 valence electrons. The molecule has 0 spiro atoms. The number of nitrogens with zero attached hydrogens (tertiary/aromatic N) is 2. The molecule has 0 radical (unpaired) electrons. The van der Waals surface area contributed by atoms with E-state index < -0.39 is 0 Å². The first kappa shape index (κ1) is 19.6. The zero-order valence-electron chi connectivity index (χ0n) is 15.3. The molecule has 0 unspecified atom stereocenters. The van der Waals surface area contributed by atoms with Crippen LogP contribution in [-0.4, -0.2) is 44.4 Å². The van der Waals surface area contributed by atoms with E-state index in [-0.39, 0.29) is 5.91 Å². The van der Waals surface area contributed by atoms with Crippen molar-refractivity contribution in [2.75, 3.05) is 48.3 Å². The van der Waals surface area contributed by atoms with Gasteiger partial charge in [0.25, 0.3) is 5.91 Å². The van der Waals surface area contributed by atoms with Gasteiger partial charge in [-0.1, -0.05) is 41.4 Å². The van der Waals surface area contributed by atoms with Crippen molar-refractivity contribution in [1.82, 2.24) is 5.32 Å². The summed E-state index contributed by atoms with van der Waals surface area (Å²) >= 11 is 13.8. The van der Waals surface area contributed by atoms with Crippen LogP contribution in [0.2, 0.25) is 10.0 Å². The monoisotopic (exact) mass is 433 g/mol. The molecule has 0 aromatic heterocycles. The van der Waals surface area contributed by atoms with Gasteiger partial charge in [-0.25, -0.2) is 0 Å². The van der Waals surface area contributed by atoms with Crippen molar-refractivity contribution in [1.29, 1.82) is 0 Å². The Balaban J connectivity index is 1.63. The molecule has 2 aromatic carbocycles. The molecule has 2 aliphatic heterocycles. The lowest BCUT2D eigenvalue weighted by molar-refractivity contribution is -0.114. The first-order valence-corrected chi connectivity index (χ1v) is 11.0. The number of carbonyl (C=O) groups is 1. The van der Waals surface area contributed by atoms with Gasteiger partial charge in [-0.3, -0.25) is 4.79 Å². The minimum Gasteiger partial charge on any atom is -0.369 e. The maximum atomic E-state index is 13.2. The van der Waals surface area contributed by atoms with E-state index >= 15 is 0 Å². The predicted molar refractivity (Wildman–Crippen MR) is 121 cm³/mol. The highest BCUT2D eigenvalue weighted by molar-refractivity contribution is 8.04. The van der Waals surface area contributed by atoms with Crippen LogP contribution in [0.1, 0.15) is 5.56 Å². The van der Waals surface area contributed by atoms with E-state index in [0.29, 0.717) is 16.6 Å². The second kappa shape index (κ2) is 8.78. The molecule has 2 heterocycles. The lowest BCUT2D eigenvalue weighted by Gasteiger charge is -2.31. The number of thioether (sulfide) groups is 1. The van der Waals surface area contributed by atoms with Gasteiger partial charge >= 0.3 is 0 Å². The quantitative estimate of drug-likeness (QED) is 0.721. The van der Waals surface area contributed by atoms with E-state index in [1.807, 2.05) is 18.2 Å². The van der Waals surface area contributed by atoms with E-state index in [4.69, 9.17) is 23.2 Å². The number of piperazine rings is 1. The standard InChI is InChI=1S/C21H21Cl2N3OS/c22-17-6-5-16(14-18(17)23)26-11-12-28-20(21(26)27)13-15-3-1-2-4-19(15)25-9-7-24-8-10-25/h1-6,13-14,24H,7-12H2/b20-13-. The third kappa shape index (κ3) is 4.18. The third-order valence-corrected chi connectivity index (χ3v) is 6.65. The smallest absolute Gasteiger partial charge is 0.264 e. The summed E-state index contributed by atoms with van der Waals surface area (Å²) in [5.41, 5.74) is 3.04. The summed E-state index contributed by atoms with van der Waals surface area (Å²) in [6.07, 6.45) is 2.02. The van der Waals surface area contributed by atoms with Crippen LogP contribution in [0.15, 0.2) is 47.4 Å². The Hall–Kier alpha value is -1.66. The van der Waals surface area contributed by atoms with Crippen LogP contribution in [-0.2, 0) is 4.79 Å². The summed E-state index contributed by atoms with van der Waals surface area (Å²) in [6, 6.07) is 13.6. The number of hydrogen-bond acceptors (Lipinski definition) is 4. The van der Waals surface area contributed by atoms with Crippen LogP contribution < -0.4 is 15.1 Å². The van der Waals surface area contributed by atoms with Gasteiger partial charge < -0.3 is 15.1 Å². The molecule has 1 N–H and O–H groups in total. The Morgan fingerprint density at radius 1 is 1.00 bits per heavy atom. The van der Waals surface area contributed by atoms with Crippen LogP contribution >= 0.6 is 35.0 Å². The van der Waals surface area contributed by atoms with E-state index in [2.05, 4.69) is 28.4 Å². The first-order chi connectivity index (χ1) is 13.6. The van der Waals surface area contributed by atoms with E-state index in [1.54, 1.807) is 28.8 Å². The Morgan fingerprint density at radius 3 is 2.57 bits per heavy atom. The fourth-order valence-electron chi connectivity index (χ4n) is 3.49. The second-order valence-electron chi connectivity index (χ2n) is 6.71. The molecule has 7 heteroatoms. The molecule has 4 rings (SSSR count). The summed E-state index contributed by atoms with van der Waals surface area (Å²) < 4.78 is 0. The summed E-state index contributed by atoms with van der Waals surface area (Å²) in [5.74, 6) is 0.845. The molecule has 2 aliphatic rings. The van der Waals surface area contributed by atoms with Gasteiger partial charge in [0.2, 0.25) is 0 Å². The molecule has 0 saturated carbocycles. The zero-order valence-corrected chi connectivity index (χ0v) is 17.7. The Bertz CT molecular complexity index is 912. The highest BCUT2D eigenvalue weighted by Crippen LogP contribution is 2.34. The van der Waals surface area contributed by atoms with Gasteiger partial charge in [0.05, 0.1) is 15.0 Å². The fourth-order valence-corrected chi connectivity index (χ4v) is 4.72. The van der Waals surface area contributed by atoms with Gasteiger partial charge in [0.15, 0.2) is 0 Å². The van der Waals surface area contributed by atoms with Gasteiger partial charge in [0.1, 0.15) is 0 Å². The number of para-hydroxylation sites is 1. The number of halogens is 2. The minimum atomic E-state index is 0.00440. The van der Waals surface area contributed by atoms with Crippen LogP contribution in [0.3, 0.4) is 0 Å². The molecular formula is C21H21Cl2N3OS.